The Morgan fingerprint density at radius 3 is 2.24 bits per heavy atom. The normalized spacial score (nSPS) is 12.6. The Balaban J connectivity index is 2.13. The summed E-state index contributed by atoms with van der Waals surface area (Å²) in [7, 11) is 1.60. The largest absolute Gasteiger partial charge is 0.497 e. The summed E-state index contributed by atoms with van der Waals surface area (Å²) in [5, 5.41) is 2.95. The summed E-state index contributed by atoms with van der Waals surface area (Å²) in [6.45, 7) is 5.85. The molecule has 0 bridgehead atoms. The second kappa shape index (κ2) is 11.1. The van der Waals surface area contributed by atoms with E-state index in [1.807, 2.05) is 56.3 Å². The highest BCUT2D eigenvalue weighted by Gasteiger charge is 2.27. The smallest absolute Gasteiger partial charge is 0.261 e. The first-order valence-electron chi connectivity index (χ1n) is 9.85. The van der Waals surface area contributed by atoms with Gasteiger partial charge >= 0.3 is 0 Å². The molecule has 0 aromatic heterocycles. The van der Waals surface area contributed by atoms with Gasteiger partial charge in [-0.1, -0.05) is 37.3 Å². The van der Waals surface area contributed by atoms with E-state index in [9.17, 15) is 9.59 Å². The van der Waals surface area contributed by atoms with Crippen LogP contribution < -0.4 is 14.8 Å². The number of amides is 2. The van der Waals surface area contributed by atoms with E-state index in [4.69, 9.17) is 9.47 Å². The van der Waals surface area contributed by atoms with Gasteiger partial charge in [0.05, 0.1) is 7.11 Å². The minimum atomic E-state index is -0.627. The molecular weight excluding hydrogens is 368 g/mol. The van der Waals surface area contributed by atoms with Crippen molar-refractivity contribution < 1.29 is 19.1 Å². The topological polar surface area (TPSA) is 67.9 Å². The third-order valence-electron chi connectivity index (χ3n) is 4.79. The predicted molar refractivity (Wildman–Crippen MR) is 113 cm³/mol. The molecule has 0 aliphatic carbocycles. The fourth-order valence-electron chi connectivity index (χ4n) is 2.72. The number of hydrogen-bond donors (Lipinski definition) is 1. The quantitative estimate of drug-likeness (QED) is 0.666. The number of hydrogen-bond acceptors (Lipinski definition) is 4. The van der Waals surface area contributed by atoms with E-state index < -0.39 is 6.04 Å². The van der Waals surface area contributed by atoms with Crippen LogP contribution in [0.4, 0.5) is 0 Å². The monoisotopic (exact) mass is 398 g/mol. The Hall–Kier alpha value is -3.02. The van der Waals surface area contributed by atoms with E-state index in [0.717, 1.165) is 17.7 Å². The predicted octanol–water partition coefficient (Wildman–Crippen LogP) is 3.41. The molecule has 6 nitrogen and oxygen atoms in total. The standard InChI is InChI=1S/C23H30N2O4/c1-5-17(2)24-23(27)18(3)25(15-19-11-13-20(28-4)14-12-19)22(26)16-29-21-9-7-6-8-10-21/h6-14,17-18H,5,15-16H2,1-4H3,(H,24,27)/t17-,18+/m1/s1. The maximum atomic E-state index is 12.9. The van der Waals surface area contributed by atoms with Crippen molar-refractivity contribution in [3.8, 4) is 11.5 Å². The Kier molecular flexibility index (Phi) is 8.52. The van der Waals surface area contributed by atoms with E-state index in [-0.39, 0.29) is 24.5 Å². The number of nitrogens with one attached hydrogen (secondary N) is 1. The van der Waals surface area contributed by atoms with Crippen LogP contribution in [0.15, 0.2) is 54.6 Å². The fraction of sp³-hybridized carbons (Fsp3) is 0.391. The average Bonchev–Trinajstić information content (AvgIpc) is 2.76. The number of carbonyl (C=O) groups is 2. The van der Waals surface area contributed by atoms with E-state index >= 15 is 0 Å². The van der Waals surface area contributed by atoms with Crippen molar-refractivity contribution in [3.05, 3.63) is 60.2 Å². The lowest BCUT2D eigenvalue weighted by Gasteiger charge is -2.29. The number of nitrogens with zero attached hydrogens (tertiary/aromatic N) is 1. The van der Waals surface area contributed by atoms with Crippen LogP contribution in [0, 0.1) is 0 Å². The van der Waals surface area contributed by atoms with Crippen LogP contribution in [0.3, 0.4) is 0 Å². The zero-order valence-electron chi connectivity index (χ0n) is 17.6. The molecule has 0 heterocycles. The van der Waals surface area contributed by atoms with Crippen LogP contribution in [0.2, 0.25) is 0 Å². The molecule has 0 radical (unpaired) electrons. The van der Waals surface area contributed by atoms with Crippen molar-refractivity contribution in [2.24, 2.45) is 0 Å². The number of methoxy groups -OCH3 is 1. The van der Waals surface area contributed by atoms with Gasteiger partial charge in [0.25, 0.3) is 5.91 Å². The minimum Gasteiger partial charge on any atom is -0.497 e. The van der Waals surface area contributed by atoms with Crippen LogP contribution in [0.5, 0.6) is 11.5 Å². The zero-order chi connectivity index (χ0) is 21.2. The van der Waals surface area contributed by atoms with E-state index in [1.54, 1.807) is 31.1 Å². The Bertz CT molecular complexity index is 777. The molecule has 29 heavy (non-hydrogen) atoms. The molecule has 0 saturated heterocycles. The van der Waals surface area contributed by atoms with Crippen molar-refractivity contribution in [3.63, 3.8) is 0 Å². The number of benzene rings is 2. The molecule has 0 spiro atoms. The molecule has 0 unspecified atom stereocenters. The summed E-state index contributed by atoms with van der Waals surface area (Å²) in [4.78, 5) is 27.1. The molecule has 1 N–H and O–H groups in total. The Morgan fingerprint density at radius 2 is 1.66 bits per heavy atom. The molecule has 0 saturated carbocycles. The molecule has 0 fully saturated rings. The number of rotatable bonds is 10. The van der Waals surface area contributed by atoms with Gasteiger partial charge in [0.1, 0.15) is 17.5 Å². The number of ether oxygens (including phenoxy) is 2. The highest BCUT2D eigenvalue weighted by molar-refractivity contribution is 5.88. The summed E-state index contributed by atoms with van der Waals surface area (Å²) in [6, 6.07) is 16.0. The molecule has 156 valence electrons. The Labute approximate surface area is 172 Å². The first-order chi connectivity index (χ1) is 13.9. The number of para-hydroxylation sites is 1. The van der Waals surface area contributed by atoms with Crippen molar-refractivity contribution in [1.82, 2.24) is 10.2 Å². The van der Waals surface area contributed by atoms with Crippen molar-refractivity contribution >= 4 is 11.8 Å². The molecule has 2 amide bonds. The molecule has 0 aliphatic rings. The van der Waals surface area contributed by atoms with E-state index in [0.29, 0.717) is 12.3 Å². The van der Waals surface area contributed by atoms with Crippen LogP contribution >= 0.6 is 0 Å². The Morgan fingerprint density at radius 1 is 1.00 bits per heavy atom. The van der Waals surface area contributed by atoms with Crippen molar-refractivity contribution in [2.75, 3.05) is 13.7 Å². The van der Waals surface area contributed by atoms with Crippen LogP contribution in [0.1, 0.15) is 32.8 Å². The van der Waals surface area contributed by atoms with Crippen molar-refractivity contribution in [2.45, 2.75) is 45.8 Å². The maximum absolute atomic E-state index is 12.9. The van der Waals surface area contributed by atoms with Gasteiger partial charge in [-0.05, 0) is 50.1 Å². The lowest BCUT2D eigenvalue weighted by molar-refractivity contribution is -0.142. The molecule has 0 aliphatic heterocycles. The highest BCUT2D eigenvalue weighted by atomic mass is 16.5. The summed E-state index contributed by atoms with van der Waals surface area (Å²) < 4.78 is 10.8. The number of carbonyl (C=O) groups excluding carboxylic acids is 2. The van der Waals surface area contributed by atoms with Gasteiger partial charge in [0.15, 0.2) is 6.61 Å². The third-order valence-corrected chi connectivity index (χ3v) is 4.79. The maximum Gasteiger partial charge on any atom is 0.261 e. The second-order valence-electron chi connectivity index (χ2n) is 6.97. The second-order valence-corrected chi connectivity index (χ2v) is 6.97. The SMILES string of the molecule is CC[C@@H](C)NC(=O)[C@H](C)N(Cc1ccc(OC)cc1)C(=O)COc1ccccc1. The van der Waals surface area contributed by atoms with Gasteiger partial charge in [0.2, 0.25) is 5.91 Å². The third kappa shape index (κ3) is 6.82. The van der Waals surface area contributed by atoms with Gasteiger partial charge in [-0.2, -0.15) is 0 Å². The van der Waals surface area contributed by atoms with Gasteiger partial charge in [0, 0.05) is 12.6 Å². The fourth-order valence-corrected chi connectivity index (χ4v) is 2.72. The summed E-state index contributed by atoms with van der Waals surface area (Å²) in [6.07, 6.45) is 0.821. The molecular formula is C23H30N2O4. The van der Waals surface area contributed by atoms with E-state index in [2.05, 4.69) is 5.32 Å². The lowest BCUT2D eigenvalue weighted by atomic mass is 10.1. The molecule has 2 aromatic carbocycles. The zero-order valence-corrected chi connectivity index (χ0v) is 17.6. The van der Waals surface area contributed by atoms with Crippen LogP contribution in [-0.2, 0) is 16.1 Å². The van der Waals surface area contributed by atoms with Gasteiger partial charge < -0.3 is 19.7 Å². The summed E-state index contributed by atoms with van der Waals surface area (Å²) in [5.41, 5.74) is 0.905. The molecule has 2 rings (SSSR count). The average molecular weight is 399 g/mol. The highest BCUT2D eigenvalue weighted by Crippen LogP contribution is 2.16. The summed E-state index contributed by atoms with van der Waals surface area (Å²) >= 11 is 0. The van der Waals surface area contributed by atoms with Crippen molar-refractivity contribution in [1.29, 1.82) is 0 Å². The van der Waals surface area contributed by atoms with E-state index in [1.165, 1.54) is 0 Å². The molecule has 6 heteroatoms. The van der Waals surface area contributed by atoms with Gasteiger partial charge in [-0.3, -0.25) is 9.59 Å². The first kappa shape index (κ1) is 22.3. The molecule has 2 aromatic rings. The lowest BCUT2D eigenvalue weighted by Crippen LogP contribution is -2.50. The minimum absolute atomic E-state index is 0.0449. The van der Waals surface area contributed by atoms with Crippen LogP contribution in [-0.4, -0.2) is 42.5 Å². The van der Waals surface area contributed by atoms with Crippen LogP contribution in [0.25, 0.3) is 0 Å². The van der Waals surface area contributed by atoms with Gasteiger partial charge in [-0.25, -0.2) is 0 Å². The van der Waals surface area contributed by atoms with Gasteiger partial charge in [-0.15, -0.1) is 0 Å². The summed E-state index contributed by atoms with van der Waals surface area (Å²) in [5.74, 6) is 0.918. The molecule has 2 atom stereocenters. The first-order valence-corrected chi connectivity index (χ1v) is 9.85.